The predicted octanol–water partition coefficient (Wildman–Crippen LogP) is 6.00. The monoisotopic (exact) mass is 763 g/mol. The van der Waals surface area contributed by atoms with E-state index in [1.165, 1.54) is 14.0 Å². The summed E-state index contributed by atoms with van der Waals surface area (Å²) in [5, 5.41) is 10.2. The van der Waals surface area contributed by atoms with Gasteiger partial charge >= 0.3 is 17.9 Å². The van der Waals surface area contributed by atoms with E-state index >= 15 is 0 Å². The van der Waals surface area contributed by atoms with E-state index in [1.807, 2.05) is 45.9 Å². The van der Waals surface area contributed by atoms with Crippen LogP contribution in [-0.2, 0) is 54.4 Å². The van der Waals surface area contributed by atoms with Crippen molar-refractivity contribution in [3.05, 3.63) is 35.9 Å². The van der Waals surface area contributed by atoms with Crippen LogP contribution >= 0.6 is 0 Å². The van der Waals surface area contributed by atoms with Crippen LogP contribution in [0.3, 0.4) is 0 Å². The molecule has 314 valence electrons. The summed E-state index contributed by atoms with van der Waals surface area (Å²) >= 11 is 0. The average Bonchev–Trinajstić information content (AvgIpc) is 2.95. The Kier molecular flexibility index (Phi) is 45.5. The predicted molar refractivity (Wildman–Crippen MR) is 216 cm³/mol. The number of ketones is 1. The van der Waals surface area contributed by atoms with Crippen LogP contribution in [0.1, 0.15) is 125 Å². The van der Waals surface area contributed by atoms with Crippen LogP contribution in [0.25, 0.3) is 0 Å². The quantitative estimate of drug-likeness (QED) is 0.0692. The maximum Gasteiger partial charge on any atom is 0.331 e. The number of esters is 3. The lowest BCUT2D eigenvalue weighted by Gasteiger charge is -2.21. The molecule has 0 saturated heterocycles. The summed E-state index contributed by atoms with van der Waals surface area (Å²) in [6, 6.07) is 6.05. The first-order chi connectivity index (χ1) is 21.2. The van der Waals surface area contributed by atoms with E-state index in [0.29, 0.717) is 0 Å². The summed E-state index contributed by atoms with van der Waals surface area (Å²) in [6.07, 6.45) is -0.604. The molecule has 53 heavy (non-hydrogen) atoms. The van der Waals surface area contributed by atoms with Gasteiger partial charge in [-0.3, -0.25) is 24.0 Å². The lowest BCUT2D eigenvalue weighted by Crippen LogP contribution is -2.47. The van der Waals surface area contributed by atoms with Gasteiger partial charge in [0.1, 0.15) is 36.9 Å². The Morgan fingerprint density at radius 3 is 1.40 bits per heavy atom. The highest BCUT2D eigenvalue weighted by Crippen LogP contribution is 2.10. The minimum absolute atomic E-state index is 0. The zero-order valence-electron chi connectivity index (χ0n) is 26.8. The first kappa shape index (κ1) is 66.9. The number of carbonyl (C=O) groups is 7. The summed E-state index contributed by atoms with van der Waals surface area (Å²) in [4.78, 5) is 85.8. The number of ether oxygens (including phenoxy) is 3. The lowest BCUT2D eigenvalue weighted by molar-refractivity contribution is -0.171. The SMILES string of the molecule is C.C.C.C.C.C.C.C.CNC(CNC(=O)CC(=O)NC(CC(C)C)C(=O)OCOC(=O)C(CC(C)C)NC(=O)CC(C)=O)C(=O)OCc1ccccc1. The number of carbonyl (C=O) groups excluding carboxylic acids is 7. The van der Waals surface area contributed by atoms with Crippen molar-refractivity contribution in [2.24, 2.45) is 11.8 Å². The molecule has 14 heteroatoms. The molecule has 4 N–H and O–H groups in total. The molecule has 0 heterocycles. The molecule has 0 radical (unpaired) electrons. The summed E-state index contributed by atoms with van der Waals surface area (Å²) < 4.78 is 15.4. The van der Waals surface area contributed by atoms with Gasteiger partial charge in [-0.1, -0.05) is 117 Å². The minimum atomic E-state index is -1.14. The molecule has 0 bridgehead atoms. The number of rotatable bonds is 20. The third-order valence-corrected chi connectivity index (χ3v) is 6.15. The van der Waals surface area contributed by atoms with Gasteiger partial charge in [-0.15, -0.1) is 0 Å². The second-order valence-corrected chi connectivity index (χ2v) is 11.3. The van der Waals surface area contributed by atoms with Crippen molar-refractivity contribution in [2.75, 3.05) is 20.4 Å². The standard InChI is InChI=1S/C31H46N4O10.8CH4/c1-19(2)12-23(34-27(38)14-21(5)36)29(40)44-18-45-30(41)24(13-20(3)4)35-28(39)15-26(37)33-16-25(32-6)31(42)43-17-22-10-8-7-9-11-22;;;;;;;;/h7-11,19-20,23-25,32H,12-18H2,1-6H3,(H,33,37)(H,34,38)(H,35,39);8*1H4. The molecule has 0 aliphatic heterocycles. The van der Waals surface area contributed by atoms with E-state index in [0.717, 1.165) is 5.56 Å². The zero-order chi connectivity index (χ0) is 33.9. The summed E-state index contributed by atoms with van der Waals surface area (Å²) in [7, 11) is 1.53. The van der Waals surface area contributed by atoms with Crippen molar-refractivity contribution in [3.63, 3.8) is 0 Å². The Hall–Kier alpha value is -4.33. The Labute approximate surface area is 322 Å². The van der Waals surface area contributed by atoms with Crippen LogP contribution in [0, 0.1) is 11.8 Å². The fraction of sp³-hybridized carbons (Fsp3) is 0.667. The van der Waals surface area contributed by atoms with Gasteiger partial charge in [-0.05, 0) is 44.2 Å². The fourth-order valence-corrected chi connectivity index (χ4v) is 3.99. The molecule has 1 aromatic rings. The van der Waals surface area contributed by atoms with Crippen LogP contribution in [-0.4, -0.2) is 79.9 Å². The number of Topliss-reactive ketones (excluding diaryl/α,β-unsaturated/α-hetero) is 1. The van der Waals surface area contributed by atoms with Crippen LogP contribution in [0.5, 0.6) is 0 Å². The smallest absolute Gasteiger partial charge is 0.331 e. The van der Waals surface area contributed by atoms with Crippen LogP contribution in [0.4, 0.5) is 0 Å². The molecule has 3 atom stereocenters. The van der Waals surface area contributed by atoms with E-state index in [4.69, 9.17) is 14.2 Å². The second-order valence-electron chi connectivity index (χ2n) is 11.3. The molecule has 0 aliphatic rings. The maximum absolute atomic E-state index is 12.7. The van der Waals surface area contributed by atoms with Crippen LogP contribution < -0.4 is 21.3 Å². The Balaban J connectivity index is -0.000000422. The van der Waals surface area contributed by atoms with Crippen molar-refractivity contribution in [2.45, 2.75) is 144 Å². The first-order valence-electron chi connectivity index (χ1n) is 14.8. The average molecular weight is 763 g/mol. The van der Waals surface area contributed by atoms with Crippen molar-refractivity contribution < 1.29 is 47.8 Å². The summed E-state index contributed by atoms with van der Waals surface area (Å²) in [5.41, 5.74) is 0.805. The van der Waals surface area contributed by atoms with Gasteiger partial charge in [0, 0.05) is 6.54 Å². The molecular weight excluding hydrogens is 684 g/mol. The molecule has 3 unspecified atom stereocenters. The first-order valence-corrected chi connectivity index (χ1v) is 14.8. The topological polar surface area (TPSA) is 195 Å². The van der Waals surface area contributed by atoms with Crippen molar-refractivity contribution in [1.29, 1.82) is 0 Å². The Morgan fingerprint density at radius 1 is 0.585 bits per heavy atom. The summed E-state index contributed by atoms with van der Waals surface area (Å²) in [6.45, 7) is 7.70. The van der Waals surface area contributed by atoms with E-state index in [1.54, 1.807) is 12.1 Å². The molecule has 0 saturated carbocycles. The molecular formula is C39H78N4O10. The van der Waals surface area contributed by atoms with Gasteiger partial charge in [0.15, 0.2) is 0 Å². The minimum Gasteiger partial charge on any atom is -0.460 e. The highest BCUT2D eigenvalue weighted by Gasteiger charge is 2.27. The van der Waals surface area contributed by atoms with Gasteiger partial charge < -0.3 is 35.5 Å². The van der Waals surface area contributed by atoms with Gasteiger partial charge in [-0.25, -0.2) is 9.59 Å². The molecule has 0 spiro atoms. The largest absolute Gasteiger partial charge is 0.460 e. The number of hydrogen-bond acceptors (Lipinski definition) is 11. The van der Waals surface area contributed by atoms with E-state index in [-0.39, 0.29) is 109 Å². The van der Waals surface area contributed by atoms with Gasteiger partial charge in [-0.2, -0.15) is 0 Å². The van der Waals surface area contributed by atoms with E-state index in [9.17, 15) is 33.6 Å². The van der Waals surface area contributed by atoms with E-state index in [2.05, 4.69) is 21.3 Å². The second kappa shape index (κ2) is 36.0. The number of nitrogens with one attached hydrogen (secondary N) is 4. The van der Waals surface area contributed by atoms with Crippen LogP contribution in [0.15, 0.2) is 30.3 Å². The van der Waals surface area contributed by atoms with Gasteiger partial charge in [0.2, 0.25) is 24.5 Å². The van der Waals surface area contributed by atoms with Gasteiger partial charge in [0.05, 0.1) is 6.42 Å². The van der Waals surface area contributed by atoms with Crippen molar-refractivity contribution >= 4 is 41.4 Å². The lowest BCUT2D eigenvalue weighted by atomic mass is 10.0. The normalized spacial score (nSPS) is 10.9. The highest BCUT2D eigenvalue weighted by atomic mass is 16.7. The molecule has 3 amide bonds. The molecule has 1 rings (SSSR count). The van der Waals surface area contributed by atoms with Gasteiger partial charge in [0.25, 0.3) is 0 Å². The number of hydrogen-bond donors (Lipinski definition) is 4. The van der Waals surface area contributed by atoms with Crippen molar-refractivity contribution in [1.82, 2.24) is 21.3 Å². The van der Waals surface area contributed by atoms with Crippen LogP contribution in [0.2, 0.25) is 0 Å². The Bertz CT molecular complexity index is 1160. The molecule has 1 aromatic carbocycles. The number of amides is 3. The number of benzene rings is 1. The van der Waals surface area contributed by atoms with E-state index < -0.39 is 67.0 Å². The van der Waals surface area contributed by atoms with Crippen molar-refractivity contribution in [3.8, 4) is 0 Å². The number of likely N-dealkylation sites (N-methyl/N-ethyl adjacent to an activating group) is 1. The third kappa shape index (κ3) is 29.9. The fourth-order valence-electron chi connectivity index (χ4n) is 3.99. The Morgan fingerprint density at radius 2 is 1.00 bits per heavy atom. The zero-order valence-corrected chi connectivity index (χ0v) is 26.8. The maximum atomic E-state index is 12.7. The third-order valence-electron chi connectivity index (χ3n) is 6.15. The highest BCUT2D eigenvalue weighted by molar-refractivity contribution is 5.99. The molecule has 0 aromatic heterocycles. The molecule has 14 nitrogen and oxygen atoms in total. The summed E-state index contributed by atoms with van der Waals surface area (Å²) in [5.74, 6) is -4.80. The molecule has 0 aliphatic carbocycles. The molecule has 0 fully saturated rings.